The van der Waals surface area contributed by atoms with E-state index in [1.54, 1.807) is 36.4 Å². The number of carbonyl (C=O) groups excluding carboxylic acids is 1. The summed E-state index contributed by atoms with van der Waals surface area (Å²) in [6.07, 6.45) is 1.51. The molecule has 7 nitrogen and oxygen atoms in total. The molecule has 2 N–H and O–H groups in total. The van der Waals surface area contributed by atoms with Crippen molar-refractivity contribution in [2.24, 2.45) is 0 Å². The lowest BCUT2D eigenvalue weighted by Crippen LogP contribution is -2.23. The molecule has 3 rings (SSSR count). The van der Waals surface area contributed by atoms with Crippen LogP contribution in [0.2, 0.25) is 0 Å². The van der Waals surface area contributed by atoms with Crippen LogP contribution in [0.25, 0.3) is 0 Å². The molecule has 0 atom stereocenters. The zero-order valence-corrected chi connectivity index (χ0v) is 17.2. The van der Waals surface area contributed by atoms with Gasteiger partial charge in [0, 0.05) is 5.56 Å². The third-order valence-electron chi connectivity index (χ3n) is 3.81. The molecule has 0 aliphatic heterocycles. The van der Waals surface area contributed by atoms with Gasteiger partial charge in [-0.25, -0.2) is 8.42 Å². The number of carbonyl (C=O) groups is 1. The Bertz CT molecular complexity index is 1080. The van der Waals surface area contributed by atoms with E-state index < -0.39 is 15.9 Å². The van der Waals surface area contributed by atoms with Crippen LogP contribution in [0.3, 0.4) is 0 Å². The first kappa shape index (κ1) is 20.0. The SMILES string of the molecule is COc1ccc(NS(=O)(=O)c2cccc(C(=O)NCc3ccco3)c2)cc1Br. The normalized spacial score (nSPS) is 11.1. The Labute approximate surface area is 170 Å². The van der Waals surface area contributed by atoms with Crippen molar-refractivity contribution < 1.29 is 22.4 Å². The van der Waals surface area contributed by atoms with Crippen molar-refractivity contribution >= 4 is 37.5 Å². The molecule has 0 aliphatic rings. The predicted octanol–water partition coefficient (Wildman–Crippen LogP) is 3.78. The molecule has 2 aromatic carbocycles. The average Bonchev–Trinajstić information content (AvgIpc) is 3.20. The van der Waals surface area contributed by atoms with Gasteiger partial charge in [-0.1, -0.05) is 6.07 Å². The third kappa shape index (κ3) is 4.73. The van der Waals surface area contributed by atoms with Crippen LogP contribution in [0.15, 0.2) is 74.6 Å². The molecule has 0 bridgehead atoms. The third-order valence-corrected chi connectivity index (χ3v) is 5.81. The number of ether oxygens (including phenoxy) is 1. The number of benzene rings is 2. The number of furan rings is 1. The molecule has 0 spiro atoms. The lowest BCUT2D eigenvalue weighted by Gasteiger charge is -2.11. The van der Waals surface area contributed by atoms with Crippen molar-refractivity contribution in [1.82, 2.24) is 5.32 Å². The van der Waals surface area contributed by atoms with Crippen LogP contribution in [0.1, 0.15) is 16.1 Å². The molecule has 146 valence electrons. The van der Waals surface area contributed by atoms with Crippen molar-refractivity contribution in [2.45, 2.75) is 11.4 Å². The van der Waals surface area contributed by atoms with Crippen LogP contribution in [0, 0.1) is 0 Å². The Morgan fingerprint density at radius 3 is 2.64 bits per heavy atom. The highest BCUT2D eigenvalue weighted by atomic mass is 79.9. The maximum absolute atomic E-state index is 12.7. The van der Waals surface area contributed by atoms with Gasteiger partial charge < -0.3 is 14.5 Å². The first-order valence-corrected chi connectivity index (χ1v) is 10.4. The second kappa shape index (κ2) is 8.49. The molecule has 1 aromatic heterocycles. The van der Waals surface area contributed by atoms with Gasteiger partial charge in [-0.15, -0.1) is 0 Å². The van der Waals surface area contributed by atoms with Gasteiger partial charge in [0.1, 0.15) is 11.5 Å². The Morgan fingerprint density at radius 2 is 1.96 bits per heavy atom. The second-order valence-corrected chi connectivity index (χ2v) is 8.28. The topological polar surface area (TPSA) is 97.6 Å². The predicted molar refractivity (Wildman–Crippen MR) is 108 cm³/mol. The van der Waals surface area contributed by atoms with Crippen LogP contribution in [0.5, 0.6) is 5.75 Å². The molecule has 28 heavy (non-hydrogen) atoms. The largest absolute Gasteiger partial charge is 0.496 e. The van der Waals surface area contributed by atoms with Crippen molar-refractivity contribution in [1.29, 1.82) is 0 Å². The monoisotopic (exact) mass is 464 g/mol. The van der Waals surface area contributed by atoms with Gasteiger partial charge in [0.15, 0.2) is 0 Å². The lowest BCUT2D eigenvalue weighted by atomic mass is 10.2. The van der Waals surface area contributed by atoms with Crippen molar-refractivity contribution in [3.05, 3.63) is 76.7 Å². The number of amides is 1. The van der Waals surface area contributed by atoms with Gasteiger partial charge in [-0.2, -0.15) is 0 Å². The highest BCUT2D eigenvalue weighted by molar-refractivity contribution is 9.10. The molecule has 0 unspecified atom stereocenters. The highest BCUT2D eigenvalue weighted by Crippen LogP contribution is 2.29. The number of halogens is 1. The van der Waals surface area contributed by atoms with Crippen LogP contribution in [0.4, 0.5) is 5.69 Å². The first-order valence-electron chi connectivity index (χ1n) is 8.16. The molecule has 0 radical (unpaired) electrons. The van der Waals surface area contributed by atoms with Crippen LogP contribution < -0.4 is 14.8 Å². The molecule has 1 heterocycles. The van der Waals surface area contributed by atoms with E-state index in [9.17, 15) is 13.2 Å². The number of methoxy groups -OCH3 is 1. The van der Waals surface area contributed by atoms with E-state index in [4.69, 9.17) is 9.15 Å². The summed E-state index contributed by atoms with van der Waals surface area (Å²) in [4.78, 5) is 12.3. The number of anilines is 1. The molecule has 3 aromatic rings. The van der Waals surface area contributed by atoms with Gasteiger partial charge in [-0.05, 0) is 64.5 Å². The van der Waals surface area contributed by atoms with E-state index in [0.29, 0.717) is 21.7 Å². The number of hydrogen-bond donors (Lipinski definition) is 2. The fourth-order valence-corrected chi connectivity index (χ4v) is 4.07. The van der Waals surface area contributed by atoms with Gasteiger partial charge in [0.05, 0.1) is 35.0 Å². The smallest absolute Gasteiger partial charge is 0.261 e. The standard InChI is InChI=1S/C19H17BrN2O5S/c1-26-18-8-7-14(11-17(18)20)22-28(24,25)16-6-2-4-13(10-16)19(23)21-12-15-5-3-9-27-15/h2-11,22H,12H2,1H3,(H,21,23). The maximum Gasteiger partial charge on any atom is 0.261 e. The molecule has 9 heteroatoms. The molecular weight excluding hydrogens is 448 g/mol. The molecule has 0 aliphatic carbocycles. The maximum atomic E-state index is 12.7. The van der Waals surface area contributed by atoms with E-state index in [0.717, 1.165) is 0 Å². The zero-order chi connectivity index (χ0) is 20.1. The fraction of sp³-hybridized carbons (Fsp3) is 0.105. The number of hydrogen-bond acceptors (Lipinski definition) is 5. The van der Waals surface area contributed by atoms with E-state index in [-0.39, 0.29) is 17.0 Å². The van der Waals surface area contributed by atoms with Crippen LogP contribution in [-0.2, 0) is 16.6 Å². The minimum absolute atomic E-state index is 0.0231. The van der Waals surface area contributed by atoms with Crippen molar-refractivity contribution in [3.63, 3.8) is 0 Å². The molecule has 1 amide bonds. The summed E-state index contributed by atoms with van der Waals surface area (Å²) in [5.41, 5.74) is 0.589. The quantitative estimate of drug-likeness (QED) is 0.554. The summed E-state index contributed by atoms with van der Waals surface area (Å²) in [6, 6.07) is 14.1. The van der Waals surface area contributed by atoms with Crippen molar-refractivity contribution in [2.75, 3.05) is 11.8 Å². The average molecular weight is 465 g/mol. The molecule has 0 fully saturated rings. The molecule has 0 saturated carbocycles. The summed E-state index contributed by atoms with van der Waals surface area (Å²) in [7, 11) is -2.35. The van der Waals surface area contributed by atoms with Crippen molar-refractivity contribution in [3.8, 4) is 5.75 Å². The van der Waals surface area contributed by atoms with Gasteiger partial charge in [0.2, 0.25) is 0 Å². The van der Waals surface area contributed by atoms with Crippen LogP contribution in [-0.4, -0.2) is 21.4 Å². The van der Waals surface area contributed by atoms with E-state index in [2.05, 4.69) is 26.0 Å². The van der Waals surface area contributed by atoms with Gasteiger partial charge >= 0.3 is 0 Å². The van der Waals surface area contributed by atoms with E-state index in [1.165, 1.54) is 31.6 Å². The summed E-state index contributed by atoms with van der Waals surface area (Å²) >= 11 is 3.31. The first-order chi connectivity index (χ1) is 13.4. The number of sulfonamides is 1. The second-order valence-electron chi connectivity index (χ2n) is 5.74. The van der Waals surface area contributed by atoms with E-state index in [1.807, 2.05) is 0 Å². The number of nitrogens with one attached hydrogen (secondary N) is 2. The zero-order valence-electron chi connectivity index (χ0n) is 14.8. The lowest BCUT2D eigenvalue weighted by molar-refractivity contribution is 0.0948. The van der Waals surface area contributed by atoms with Gasteiger partial charge in [0.25, 0.3) is 15.9 Å². The minimum Gasteiger partial charge on any atom is -0.496 e. The number of rotatable bonds is 7. The summed E-state index contributed by atoms with van der Waals surface area (Å²) in [6.45, 7) is 0.209. The Hall–Kier alpha value is -2.78. The fourth-order valence-electron chi connectivity index (χ4n) is 2.43. The minimum atomic E-state index is -3.87. The highest BCUT2D eigenvalue weighted by Gasteiger charge is 2.17. The Morgan fingerprint density at radius 1 is 1.14 bits per heavy atom. The van der Waals surface area contributed by atoms with E-state index >= 15 is 0 Å². The van der Waals surface area contributed by atoms with Crippen LogP contribution >= 0.6 is 15.9 Å². The molecular formula is C19H17BrN2O5S. The summed E-state index contributed by atoms with van der Waals surface area (Å²) < 4.78 is 38.8. The molecule has 0 saturated heterocycles. The summed E-state index contributed by atoms with van der Waals surface area (Å²) in [5, 5.41) is 2.68. The summed E-state index contributed by atoms with van der Waals surface area (Å²) in [5.74, 6) is 0.780. The Balaban J connectivity index is 1.76. The van der Waals surface area contributed by atoms with Gasteiger partial charge in [-0.3, -0.25) is 9.52 Å². The Kier molecular flexibility index (Phi) is 6.05.